The fourth-order valence-corrected chi connectivity index (χ4v) is 8.33. The molecule has 9 heteroatoms. The van der Waals surface area contributed by atoms with Gasteiger partial charge in [-0.25, -0.2) is 0 Å². The van der Waals surface area contributed by atoms with Gasteiger partial charge < -0.3 is 4.57 Å². The monoisotopic (exact) mass is 589 g/mol. The van der Waals surface area contributed by atoms with Gasteiger partial charge in [0.05, 0.1) is 21.1 Å². The Morgan fingerprint density at radius 3 is 1.35 bits per heavy atom. The molecular weight excluding hydrogens is 571 g/mol. The van der Waals surface area contributed by atoms with Gasteiger partial charge in [-0.3, -0.25) is 0 Å². The summed E-state index contributed by atoms with van der Waals surface area (Å²) in [6.07, 6.45) is 4.26. The molecule has 0 amide bonds. The fraction of sp³-hybridized carbons (Fsp3) is 0.0968. The molecular formula is C31H19N5S4. The van der Waals surface area contributed by atoms with Gasteiger partial charge in [-0.1, -0.05) is 6.92 Å². The molecule has 0 atom stereocenters. The molecule has 0 saturated carbocycles. The van der Waals surface area contributed by atoms with Crippen LogP contribution in [-0.2, 0) is 6.54 Å². The first-order valence-corrected chi connectivity index (χ1v) is 15.5. The Morgan fingerprint density at radius 1 is 0.575 bits per heavy atom. The molecule has 5 heterocycles. The second-order valence-electron chi connectivity index (χ2n) is 8.55. The van der Waals surface area contributed by atoms with E-state index < -0.39 is 0 Å². The minimum Gasteiger partial charge on any atom is -0.339 e. The van der Waals surface area contributed by atoms with Gasteiger partial charge in [-0.05, 0) is 79.2 Å². The molecule has 5 nitrogen and oxygen atoms in total. The Hall–Kier alpha value is -4.48. The van der Waals surface area contributed by atoms with E-state index in [1.54, 1.807) is 57.5 Å². The molecule has 0 aliphatic heterocycles. The van der Waals surface area contributed by atoms with E-state index >= 15 is 0 Å². The quantitative estimate of drug-likeness (QED) is 0.168. The molecule has 0 aromatic carbocycles. The number of nitrogens with zero attached hydrogens (tertiary/aromatic N) is 5. The summed E-state index contributed by atoms with van der Waals surface area (Å²) in [5.74, 6) is 0. The van der Waals surface area contributed by atoms with E-state index in [4.69, 9.17) is 21.0 Å². The molecule has 0 saturated heterocycles. The van der Waals surface area contributed by atoms with Crippen LogP contribution in [0.15, 0.2) is 71.8 Å². The summed E-state index contributed by atoms with van der Waals surface area (Å²) in [5, 5.41) is 36.2. The van der Waals surface area contributed by atoms with Gasteiger partial charge in [0.2, 0.25) is 0 Å². The van der Waals surface area contributed by atoms with Crippen LogP contribution in [0.2, 0.25) is 0 Å². The average Bonchev–Trinajstić information content (AvgIpc) is 3.79. The first kappa shape index (κ1) is 27.1. The lowest BCUT2D eigenvalue weighted by Gasteiger charge is -2.11. The Labute approximate surface area is 248 Å². The maximum absolute atomic E-state index is 9.04. The van der Waals surface area contributed by atoms with E-state index in [9.17, 15) is 0 Å². The van der Waals surface area contributed by atoms with Crippen LogP contribution in [0.1, 0.15) is 23.1 Å². The van der Waals surface area contributed by atoms with Crippen molar-refractivity contribution in [1.82, 2.24) is 4.57 Å². The standard InChI is InChI=1S/C31H19N5S4/c1-2-13-36-24(26-9-11-30(39-26)28-7-3-22(37-28)14-20(16-32)17-33)5-6-25(36)27-10-12-31(40-27)29-8-4-23(38-29)15-21(18-34)19-35/h3-12,14-15H,2,13H2,1H3. The highest BCUT2D eigenvalue weighted by molar-refractivity contribution is 7.24. The summed E-state index contributed by atoms with van der Waals surface area (Å²) < 4.78 is 2.38. The third-order valence-corrected chi connectivity index (χ3v) is 10.6. The van der Waals surface area contributed by atoms with Gasteiger partial charge in [0.25, 0.3) is 0 Å². The van der Waals surface area contributed by atoms with Crippen LogP contribution in [0.3, 0.4) is 0 Å². The zero-order valence-corrected chi connectivity index (χ0v) is 24.5. The maximum Gasteiger partial charge on any atom is 0.131 e. The van der Waals surface area contributed by atoms with Crippen molar-refractivity contribution in [2.24, 2.45) is 0 Å². The summed E-state index contributed by atoms with van der Waals surface area (Å²) in [4.78, 5) is 8.66. The molecule has 5 aromatic heterocycles. The maximum atomic E-state index is 9.04. The number of rotatable bonds is 8. The van der Waals surface area contributed by atoms with Crippen molar-refractivity contribution >= 4 is 57.5 Å². The van der Waals surface area contributed by atoms with E-state index in [1.165, 1.54) is 21.1 Å². The van der Waals surface area contributed by atoms with Crippen molar-refractivity contribution in [2.75, 3.05) is 0 Å². The topological polar surface area (TPSA) is 100 Å². The lowest BCUT2D eigenvalue weighted by atomic mass is 10.3. The van der Waals surface area contributed by atoms with Gasteiger partial charge >= 0.3 is 0 Å². The van der Waals surface area contributed by atoms with Crippen molar-refractivity contribution in [3.8, 4) is 64.9 Å². The lowest BCUT2D eigenvalue weighted by molar-refractivity contribution is 0.697. The zero-order valence-electron chi connectivity index (χ0n) is 21.2. The number of hydrogen-bond donors (Lipinski definition) is 0. The van der Waals surface area contributed by atoms with Crippen LogP contribution in [0.25, 0.3) is 52.8 Å². The zero-order chi connectivity index (χ0) is 28.1. The summed E-state index contributed by atoms with van der Waals surface area (Å²) in [6, 6.07) is 28.6. The van der Waals surface area contributed by atoms with E-state index in [2.05, 4.69) is 47.9 Å². The van der Waals surface area contributed by atoms with Crippen molar-refractivity contribution in [2.45, 2.75) is 19.9 Å². The molecule has 0 unspecified atom stereocenters. The number of hydrogen-bond acceptors (Lipinski definition) is 8. The molecule has 0 radical (unpaired) electrons. The van der Waals surface area contributed by atoms with E-state index in [0.717, 1.165) is 42.2 Å². The molecule has 192 valence electrons. The van der Waals surface area contributed by atoms with Crippen LogP contribution in [0.5, 0.6) is 0 Å². The molecule has 40 heavy (non-hydrogen) atoms. The summed E-state index contributed by atoms with van der Waals surface area (Å²) in [7, 11) is 0. The van der Waals surface area contributed by atoms with Gasteiger partial charge in [0, 0.05) is 35.8 Å². The van der Waals surface area contributed by atoms with Crippen molar-refractivity contribution < 1.29 is 0 Å². The predicted octanol–water partition coefficient (Wildman–Crippen LogP) is 9.67. The SMILES string of the molecule is CCCn1c(-c2ccc(-c3ccc(C=C(C#N)C#N)s3)s2)ccc1-c1ccc(-c2ccc(C=C(C#N)C#N)s2)s1. The molecule has 0 bridgehead atoms. The third-order valence-electron chi connectivity index (χ3n) is 5.94. The van der Waals surface area contributed by atoms with Crippen molar-refractivity contribution in [3.05, 3.63) is 81.6 Å². The van der Waals surface area contributed by atoms with Gasteiger partial charge in [-0.15, -0.1) is 45.3 Å². The van der Waals surface area contributed by atoms with Crippen LogP contribution in [0, 0.1) is 45.3 Å². The van der Waals surface area contributed by atoms with Crippen molar-refractivity contribution in [1.29, 1.82) is 21.0 Å². The summed E-state index contributed by atoms with van der Waals surface area (Å²) in [6.45, 7) is 3.08. The fourth-order valence-electron chi connectivity index (χ4n) is 4.17. The highest BCUT2D eigenvalue weighted by Gasteiger charge is 2.16. The first-order chi connectivity index (χ1) is 19.6. The Kier molecular flexibility index (Phi) is 8.23. The minimum absolute atomic E-state index is 0.102. The van der Waals surface area contributed by atoms with Gasteiger partial charge in [-0.2, -0.15) is 21.0 Å². The van der Waals surface area contributed by atoms with Gasteiger partial charge in [0.1, 0.15) is 35.4 Å². The summed E-state index contributed by atoms with van der Waals surface area (Å²) >= 11 is 6.62. The highest BCUT2D eigenvalue weighted by Crippen LogP contribution is 2.42. The number of nitriles is 4. The molecule has 5 aromatic rings. The number of allylic oxidation sites excluding steroid dienone is 2. The molecule has 0 spiro atoms. The molecule has 0 aliphatic carbocycles. The number of aromatic nitrogens is 1. The van der Waals surface area contributed by atoms with Crippen LogP contribution in [-0.4, -0.2) is 4.57 Å². The highest BCUT2D eigenvalue weighted by atomic mass is 32.1. The first-order valence-electron chi connectivity index (χ1n) is 12.2. The average molecular weight is 590 g/mol. The lowest BCUT2D eigenvalue weighted by Crippen LogP contribution is -2.00. The molecule has 0 fully saturated rings. The molecule has 5 rings (SSSR count). The van der Waals surface area contributed by atoms with Crippen LogP contribution < -0.4 is 0 Å². The largest absolute Gasteiger partial charge is 0.339 e. The van der Waals surface area contributed by atoms with E-state index in [1.807, 2.05) is 48.5 Å². The predicted molar refractivity (Wildman–Crippen MR) is 166 cm³/mol. The van der Waals surface area contributed by atoms with Crippen LogP contribution >= 0.6 is 45.3 Å². The van der Waals surface area contributed by atoms with Crippen LogP contribution in [0.4, 0.5) is 0 Å². The second kappa shape index (κ2) is 12.1. The molecule has 0 aliphatic rings. The smallest absolute Gasteiger partial charge is 0.131 e. The normalized spacial score (nSPS) is 10.2. The Bertz CT molecular complexity index is 1760. The second-order valence-corrected chi connectivity index (χ2v) is 12.9. The Morgan fingerprint density at radius 2 is 0.950 bits per heavy atom. The van der Waals surface area contributed by atoms with Gasteiger partial charge in [0.15, 0.2) is 0 Å². The van der Waals surface area contributed by atoms with Crippen molar-refractivity contribution in [3.63, 3.8) is 0 Å². The minimum atomic E-state index is 0.102. The van der Waals surface area contributed by atoms with E-state index in [0.29, 0.717) is 0 Å². The number of thiophene rings is 4. The third kappa shape index (κ3) is 5.61. The summed E-state index contributed by atoms with van der Waals surface area (Å²) in [5.41, 5.74) is 2.57. The van der Waals surface area contributed by atoms with E-state index in [-0.39, 0.29) is 11.1 Å². The molecule has 0 N–H and O–H groups in total. The Balaban J connectivity index is 1.43.